The van der Waals surface area contributed by atoms with E-state index in [1.54, 1.807) is 12.1 Å². The van der Waals surface area contributed by atoms with Gasteiger partial charge in [0.15, 0.2) is 0 Å². The zero-order chi connectivity index (χ0) is 15.6. The van der Waals surface area contributed by atoms with E-state index in [1.807, 2.05) is 19.9 Å². The van der Waals surface area contributed by atoms with Gasteiger partial charge in [0.2, 0.25) is 0 Å². The van der Waals surface area contributed by atoms with Crippen LogP contribution in [0.5, 0.6) is 0 Å². The van der Waals surface area contributed by atoms with Crippen molar-refractivity contribution in [2.45, 2.75) is 13.8 Å². The summed E-state index contributed by atoms with van der Waals surface area (Å²) in [6, 6.07) is 8.53. The molecule has 5 heteroatoms. The molecule has 0 heterocycles. The predicted molar refractivity (Wildman–Crippen MR) is 77.2 cm³/mol. The lowest BCUT2D eigenvalue weighted by Crippen LogP contribution is -2.13. The molecule has 0 unspecified atom stereocenters. The maximum Gasteiger partial charge on any atom is 0.335 e. The molecular formula is C16H14FNO3. The molecule has 1 amide bonds. The molecule has 0 aliphatic heterocycles. The number of carbonyl (C=O) groups is 2. The quantitative estimate of drug-likeness (QED) is 0.909. The zero-order valence-corrected chi connectivity index (χ0v) is 11.6. The van der Waals surface area contributed by atoms with Crippen molar-refractivity contribution >= 4 is 17.6 Å². The third-order valence-electron chi connectivity index (χ3n) is 3.23. The van der Waals surface area contributed by atoms with Crippen LogP contribution in [0, 0.1) is 19.7 Å². The minimum atomic E-state index is -1.22. The van der Waals surface area contributed by atoms with E-state index >= 15 is 0 Å². The van der Waals surface area contributed by atoms with Crippen LogP contribution in [0.15, 0.2) is 36.4 Å². The van der Waals surface area contributed by atoms with Gasteiger partial charge < -0.3 is 10.4 Å². The van der Waals surface area contributed by atoms with E-state index in [2.05, 4.69) is 5.32 Å². The van der Waals surface area contributed by atoms with Crippen molar-refractivity contribution in [2.24, 2.45) is 0 Å². The van der Waals surface area contributed by atoms with E-state index in [4.69, 9.17) is 5.11 Å². The highest BCUT2D eigenvalue weighted by Gasteiger charge is 2.12. The molecule has 0 radical (unpaired) electrons. The van der Waals surface area contributed by atoms with Crippen molar-refractivity contribution in [3.8, 4) is 0 Å². The molecule has 0 fully saturated rings. The van der Waals surface area contributed by atoms with Gasteiger partial charge in [-0.1, -0.05) is 6.07 Å². The molecule has 21 heavy (non-hydrogen) atoms. The monoisotopic (exact) mass is 287 g/mol. The van der Waals surface area contributed by atoms with Gasteiger partial charge in [0.05, 0.1) is 11.3 Å². The van der Waals surface area contributed by atoms with Crippen LogP contribution < -0.4 is 5.32 Å². The van der Waals surface area contributed by atoms with Crippen LogP contribution >= 0.6 is 0 Å². The maximum atomic E-state index is 13.8. The zero-order valence-electron chi connectivity index (χ0n) is 11.6. The SMILES string of the molecule is Cc1ccc(C(=O)Nc2ccc(C(=O)O)cc2F)cc1C. The number of rotatable bonds is 3. The Morgan fingerprint density at radius 3 is 2.24 bits per heavy atom. The smallest absolute Gasteiger partial charge is 0.335 e. The van der Waals surface area contributed by atoms with Crippen LogP contribution in [0.3, 0.4) is 0 Å². The molecule has 108 valence electrons. The van der Waals surface area contributed by atoms with Crippen molar-refractivity contribution in [1.29, 1.82) is 0 Å². The standard InChI is InChI=1S/C16H14FNO3/c1-9-3-4-11(7-10(9)2)15(19)18-14-6-5-12(16(20)21)8-13(14)17/h3-8H,1-2H3,(H,18,19)(H,20,21). The number of hydrogen-bond acceptors (Lipinski definition) is 2. The second-order valence-electron chi connectivity index (χ2n) is 4.75. The Morgan fingerprint density at radius 2 is 1.67 bits per heavy atom. The second kappa shape index (κ2) is 5.75. The fourth-order valence-corrected chi connectivity index (χ4v) is 1.83. The summed E-state index contributed by atoms with van der Waals surface area (Å²) in [6.07, 6.45) is 0. The van der Waals surface area contributed by atoms with E-state index in [0.717, 1.165) is 17.2 Å². The lowest BCUT2D eigenvalue weighted by molar-refractivity contribution is 0.0696. The van der Waals surface area contributed by atoms with Crippen LogP contribution in [0.1, 0.15) is 31.8 Å². The molecule has 2 aromatic rings. The third kappa shape index (κ3) is 3.25. The number of carboxylic acids is 1. The van der Waals surface area contributed by atoms with Gasteiger partial charge in [-0.15, -0.1) is 0 Å². The normalized spacial score (nSPS) is 10.2. The lowest BCUT2D eigenvalue weighted by Gasteiger charge is -2.08. The number of nitrogens with one attached hydrogen (secondary N) is 1. The summed E-state index contributed by atoms with van der Waals surface area (Å²) in [7, 11) is 0. The number of aryl methyl sites for hydroxylation is 2. The molecule has 0 aliphatic carbocycles. The highest BCUT2D eigenvalue weighted by Crippen LogP contribution is 2.18. The van der Waals surface area contributed by atoms with Gasteiger partial charge in [-0.25, -0.2) is 9.18 Å². The topological polar surface area (TPSA) is 66.4 Å². The summed E-state index contributed by atoms with van der Waals surface area (Å²) in [5, 5.41) is 11.2. The lowest BCUT2D eigenvalue weighted by atomic mass is 10.1. The Morgan fingerprint density at radius 1 is 1.00 bits per heavy atom. The number of carbonyl (C=O) groups excluding carboxylic acids is 1. The van der Waals surface area contributed by atoms with Crippen molar-refractivity contribution in [3.63, 3.8) is 0 Å². The average molecular weight is 287 g/mol. The molecule has 0 saturated heterocycles. The van der Waals surface area contributed by atoms with Crippen molar-refractivity contribution in [2.75, 3.05) is 5.32 Å². The number of benzene rings is 2. The Kier molecular flexibility index (Phi) is 4.03. The van der Waals surface area contributed by atoms with Crippen LogP contribution in [0.4, 0.5) is 10.1 Å². The molecule has 0 saturated carbocycles. The first kappa shape index (κ1) is 14.7. The van der Waals surface area contributed by atoms with Gasteiger partial charge in [0.1, 0.15) is 5.82 Å². The summed E-state index contributed by atoms with van der Waals surface area (Å²) in [5.74, 6) is -2.45. The Balaban J connectivity index is 2.23. The fourth-order valence-electron chi connectivity index (χ4n) is 1.83. The van der Waals surface area contributed by atoms with Crippen LogP contribution in [0.2, 0.25) is 0 Å². The van der Waals surface area contributed by atoms with Gasteiger partial charge in [0, 0.05) is 5.56 Å². The predicted octanol–water partition coefficient (Wildman–Crippen LogP) is 3.39. The molecule has 2 N–H and O–H groups in total. The van der Waals surface area contributed by atoms with E-state index in [-0.39, 0.29) is 11.3 Å². The van der Waals surface area contributed by atoms with E-state index in [0.29, 0.717) is 5.56 Å². The number of aromatic carboxylic acids is 1. The Bertz CT molecular complexity index is 725. The number of halogens is 1. The maximum absolute atomic E-state index is 13.8. The first-order chi connectivity index (χ1) is 9.88. The highest BCUT2D eigenvalue weighted by atomic mass is 19.1. The van der Waals surface area contributed by atoms with E-state index < -0.39 is 17.7 Å². The number of anilines is 1. The molecular weight excluding hydrogens is 273 g/mol. The van der Waals surface area contributed by atoms with E-state index in [1.165, 1.54) is 12.1 Å². The van der Waals surface area contributed by atoms with Gasteiger partial charge >= 0.3 is 5.97 Å². The van der Waals surface area contributed by atoms with Gasteiger partial charge in [0.25, 0.3) is 5.91 Å². The van der Waals surface area contributed by atoms with Crippen molar-refractivity contribution < 1.29 is 19.1 Å². The summed E-state index contributed by atoms with van der Waals surface area (Å²) >= 11 is 0. The van der Waals surface area contributed by atoms with Gasteiger partial charge in [-0.3, -0.25) is 4.79 Å². The second-order valence-corrected chi connectivity index (χ2v) is 4.75. The largest absolute Gasteiger partial charge is 0.478 e. The van der Waals surface area contributed by atoms with Gasteiger partial charge in [-0.2, -0.15) is 0 Å². The first-order valence-corrected chi connectivity index (χ1v) is 6.30. The van der Waals surface area contributed by atoms with Crippen molar-refractivity contribution in [3.05, 3.63) is 64.5 Å². The van der Waals surface area contributed by atoms with Crippen LogP contribution in [-0.2, 0) is 0 Å². The van der Waals surface area contributed by atoms with Crippen LogP contribution in [-0.4, -0.2) is 17.0 Å². The fraction of sp³-hybridized carbons (Fsp3) is 0.125. The average Bonchev–Trinajstić information content (AvgIpc) is 2.43. The molecule has 0 spiro atoms. The summed E-state index contributed by atoms with van der Waals surface area (Å²) in [4.78, 5) is 22.8. The molecule has 4 nitrogen and oxygen atoms in total. The van der Waals surface area contributed by atoms with Crippen LogP contribution in [0.25, 0.3) is 0 Å². The minimum Gasteiger partial charge on any atom is -0.478 e. The number of hydrogen-bond donors (Lipinski definition) is 2. The molecule has 2 aromatic carbocycles. The molecule has 0 atom stereocenters. The van der Waals surface area contributed by atoms with Gasteiger partial charge in [-0.05, 0) is 55.3 Å². The molecule has 0 aromatic heterocycles. The molecule has 0 aliphatic rings. The molecule has 0 bridgehead atoms. The summed E-state index contributed by atoms with van der Waals surface area (Å²) in [5.41, 5.74) is 2.22. The Hall–Kier alpha value is -2.69. The summed E-state index contributed by atoms with van der Waals surface area (Å²) in [6.45, 7) is 3.82. The molecule has 2 rings (SSSR count). The third-order valence-corrected chi connectivity index (χ3v) is 3.23. The highest BCUT2D eigenvalue weighted by molar-refractivity contribution is 6.04. The van der Waals surface area contributed by atoms with Crippen molar-refractivity contribution in [1.82, 2.24) is 0 Å². The minimum absolute atomic E-state index is 0.0526. The first-order valence-electron chi connectivity index (χ1n) is 6.30. The number of carboxylic acid groups (broad SMARTS) is 1. The Labute approximate surface area is 121 Å². The number of amides is 1. The van der Waals surface area contributed by atoms with E-state index in [9.17, 15) is 14.0 Å². The summed E-state index contributed by atoms with van der Waals surface area (Å²) < 4.78 is 13.8.